The highest BCUT2D eigenvalue weighted by molar-refractivity contribution is 7.11. The second kappa shape index (κ2) is 7.48. The number of carbonyl (C=O) groups excluding carboxylic acids is 2. The third kappa shape index (κ3) is 3.25. The molecule has 0 atom stereocenters. The van der Waals surface area contributed by atoms with Crippen LogP contribution in [0, 0.1) is 5.82 Å². The predicted octanol–water partition coefficient (Wildman–Crippen LogP) is 3.20. The Balaban J connectivity index is 1.75. The second-order valence-corrected chi connectivity index (χ2v) is 8.22. The molecule has 1 aromatic heterocycles. The van der Waals surface area contributed by atoms with Gasteiger partial charge in [-0.15, -0.1) is 11.3 Å². The van der Waals surface area contributed by atoms with E-state index in [2.05, 4.69) is 11.9 Å². The second-order valence-electron chi connectivity index (χ2n) is 7.27. The number of nitrogens with zero attached hydrogens (tertiary/aromatic N) is 3. The SMILES string of the molecule is CN1CCC(N(C)C2=C(c3cccs3)C(=O)N(c3cccc(F)c3)C2=O)CC1. The summed E-state index contributed by atoms with van der Waals surface area (Å²) in [6, 6.07) is 9.52. The van der Waals surface area contributed by atoms with Crippen LogP contribution >= 0.6 is 11.3 Å². The van der Waals surface area contributed by atoms with Gasteiger partial charge in [0.1, 0.15) is 11.5 Å². The Morgan fingerprint density at radius 1 is 1.11 bits per heavy atom. The monoisotopic (exact) mass is 399 g/mol. The van der Waals surface area contributed by atoms with Gasteiger partial charge in [0.05, 0.1) is 11.3 Å². The Hall–Kier alpha value is -2.51. The summed E-state index contributed by atoms with van der Waals surface area (Å²) < 4.78 is 13.8. The van der Waals surface area contributed by atoms with Crippen molar-refractivity contribution >= 4 is 34.4 Å². The number of imide groups is 1. The molecule has 0 N–H and O–H groups in total. The number of anilines is 1. The molecule has 0 radical (unpaired) electrons. The third-order valence-electron chi connectivity index (χ3n) is 5.48. The van der Waals surface area contributed by atoms with Gasteiger partial charge in [0.15, 0.2) is 0 Å². The molecule has 0 saturated carbocycles. The predicted molar refractivity (Wildman–Crippen MR) is 108 cm³/mol. The number of hydrogen-bond acceptors (Lipinski definition) is 5. The van der Waals surface area contributed by atoms with Crippen LogP contribution in [-0.2, 0) is 9.59 Å². The van der Waals surface area contributed by atoms with Gasteiger partial charge >= 0.3 is 0 Å². The Bertz CT molecular complexity index is 933. The van der Waals surface area contributed by atoms with Crippen LogP contribution in [0.4, 0.5) is 10.1 Å². The molecular formula is C21H22FN3O2S. The lowest BCUT2D eigenvalue weighted by Gasteiger charge is -2.36. The lowest BCUT2D eigenvalue weighted by atomic mass is 10.0. The van der Waals surface area contributed by atoms with E-state index in [1.165, 1.54) is 29.5 Å². The highest BCUT2D eigenvalue weighted by Gasteiger charge is 2.43. The van der Waals surface area contributed by atoms with Gasteiger partial charge in [0.25, 0.3) is 11.8 Å². The van der Waals surface area contributed by atoms with Gasteiger partial charge in [0, 0.05) is 18.0 Å². The van der Waals surface area contributed by atoms with Crippen molar-refractivity contribution in [2.75, 3.05) is 32.1 Å². The van der Waals surface area contributed by atoms with E-state index >= 15 is 0 Å². The summed E-state index contributed by atoms with van der Waals surface area (Å²) in [4.78, 5) is 32.7. The number of benzene rings is 1. The molecule has 2 aliphatic heterocycles. The van der Waals surface area contributed by atoms with Crippen LogP contribution in [-0.4, -0.2) is 54.8 Å². The number of likely N-dealkylation sites (N-methyl/N-ethyl adjacent to an activating group) is 1. The first kappa shape index (κ1) is 18.8. The first-order valence-corrected chi connectivity index (χ1v) is 10.2. The smallest absolute Gasteiger partial charge is 0.282 e. The minimum atomic E-state index is -0.479. The highest BCUT2D eigenvalue weighted by Crippen LogP contribution is 2.37. The van der Waals surface area contributed by atoms with E-state index in [1.807, 2.05) is 29.5 Å². The van der Waals surface area contributed by atoms with Gasteiger partial charge in [-0.25, -0.2) is 9.29 Å². The fraction of sp³-hybridized carbons (Fsp3) is 0.333. The minimum Gasteiger partial charge on any atom is -0.366 e. The van der Waals surface area contributed by atoms with Crippen LogP contribution in [0.3, 0.4) is 0 Å². The lowest BCUT2D eigenvalue weighted by molar-refractivity contribution is -0.120. The summed E-state index contributed by atoms with van der Waals surface area (Å²) in [5, 5.41) is 1.89. The van der Waals surface area contributed by atoms with Crippen LogP contribution < -0.4 is 4.90 Å². The average Bonchev–Trinajstić information content (AvgIpc) is 3.28. The molecule has 2 aromatic rings. The van der Waals surface area contributed by atoms with E-state index in [1.54, 1.807) is 6.07 Å². The van der Waals surface area contributed by atoms with Gasteiger partial charge in [-0.1, -0.05) is 12.1 Å². The van der Waals surface area contributed by atoms with E-state index in [-0.39, 0.29) is 17.6 Å². The number of carbonyl (C=O) groups is 2. The molecule has 2 aliphatic rings. The summed E-state index contributed by atoms with van der Waals surface area (Å²) in [5.74, 6) is -1.26. The normalized spacial score (nSPS) is 19.0. The van der Waals surface area contributed by atoms with Crippen molar-refractivity contribution in [1.29, 1.82) is 0 Å². The largest absolute Gasteiger partial charge is 0.366 e. The quantitative estimate of drug-likeness (QED) is 0.741. The molecule has 0 unspecified atom stereocenters. The first-order chi connectivity index (χ1) is 13.5. The van der Waals surface area contributed by atoms with Crippen molar-refractivity contribution in [2.45, 2.75) is 18.9 Å². The summed E-state index contributed by atoms with van der Waals surface area (Å²) >= 11 is 1.43. The van der Waals surface area contributed by atoms with Crippen LogP contribution in [0.25, 0.3) is 5.57 Å². The molecule has 0 spiro atoms. The lowest BCUT2D eigenvalue weighted by Crippen LogP contribution is -2.43. The topological polar surface area (TPSA) is 43.9 Å². The fourth-order valence-electron chi connectivity index (χ4n) is 3.90. The molecular weight excluding hydrogens is 377 g/mol. The highest BCUT2D eigenvalue weighted by atomic mass is 32.1. The van der Waals surface area contributed by atoms with E-state index in [9.17, 15) is 14.0 Å². The zero-order chi connectivity index (χ0) is 19.8. The Labute approximate surface area is 167 Å². The van der Waals surface area contributed by atoms with Gasteiger partial charge in [-0.3, -0.25) is 9.59 Å². The number of halogens is 1. The molecule has 146 valence electrons. The number of hydrogen-bond donors (Lipinski definition) is 0. The van der Waals surface area contributed by atoms with E-state index in [0.29, 0.717) is 11.3 Å². The molecule has 5 nitrogen and oxygen atoms in total. The van der Waals surface area contributed by atoms with Crippen molar-refractivity contribution < 1.29 is 14.0 Å². The molecule has 3 heterocycles. The maximum absolute atomic E-state index is 13.8. The van der Waals surface area contributed by atoms with Crippen LogP contribution in [0.5, 0.6) is 0 Å². The fourth-order valence-corrected chi connectivity index (χ4v) is 4.67. The van der Waals surface area contributed by atoms with Gasteiger partial charge < -0.3 is 9.80 Å². The van der Waals surface area contributed by atoms with Gasteiger partial charge in [-0.05, 0) is 62.6 Å². The summed E-state index contributed by atoms with van der Waals surface area (Å²) in [7, 11) is 3.97. The number of amides is 2. The van der Waals surface area contributed by atoms with Gasteiger partial charge in [0.2, 0.25) is 0 Å². The maximum Gasteiger partial charge on any atom is 0.282 e. The molecule has 1 fully saturated rings. The van der Waals surface area contributed by atoms with Crippen molar-refractivity contribution in [3.8, 4) is 0 Å². The molecule has 1 aromatic carbocycles. The summed E-state index contributed by atoms with van der Waals surface area (Å²) in [6.45, 7) is 1.90. The van der Waals surface area contributed by atoms with E-state index in [4.69, 9.17) is 0 Å². The maximum atomic E-state index is 13.8. The van der Waals surface area contributed by atoms with Gasteiger partial charge in [-0.2, -0.15) is 0 Å². The van der Waals surface area contributed by atoms with Crippen molar-refractivity contribution in [1.82, 2.24) is 9.80 Å². The molecule has 7 heteroatoms. The summed E-state index contributed by atoms with van der Waals surface area (Å²) in [6.07, 6.45) is 1.85. The van der Waals surface area contributed by atoms with Crippen molar-refractivity contribution in [3.05, 3.63) is 58.2 Å². The zero-order valence-corrected chi connectivity index (χ0v) is 16.7. The van der Waals surface area contributed by atoms with Crippen LogP contribution in [0.1, 0.15) is 17.7 Å². The van der Waals surface area contributed by atoms with E-state index < -0.39 is 11.7 Å². The molecule has 28 heavy (non-hydrogen) atoms. The molecule has 4 rings (SSSR count). The van der Waals surface area contributed by atoms with Crippen LogP contribution in [0.15, 0.2) is 47.5 Å². The van der Waals surface area contributed by atoms with E-state index in [0.717, 1.165) is 35.7 Å². The number of rotatable bonds is 4. The molecule has 0 aliphatic carbocycles. The average molecular weight is 399 g/mol. The number of likely N-dealkylation sites (tertiary alicyclic amines) is 1. The zero-order valence-electron chi connectivity index (χ0n) is 15.9. The number of thiophene rings is 1. The standard InChI is InChI=1S/C21H22FN3O2S/c1-23-10-8-15(9-11-23)24(2)19-18(17-7-4-12-28-17)20(26)25(21(19)27)16-6-3-5-14(22)13-16/h3-7,12-13,15H,8-11H2,1-2H3. The Kier molecular flexibility index (Phi) is 5.03. The van der Waals surface area contributed by atoms with Crippen molar-refractivity contribution in [3.63, 3.8) is 0 Å². The number of piperidine rings is 1. The third-order valence-corrected chi connectivity index (χ3v) is 6.37. The van der Waals surface area contributed by atoms with Crippen LogP contribution in [0.2, 0.25) is 0 Å². The Morgan fingerprint density at radius 3 is 2.50 bits per heavy atom. The molecule has 1 saturated heterocycles. The molecule has 2 amide bonds. The summed E-state index contributed by atoms with van der Waals surface area (Å²) in [5.41, 5.74) is 1.08. The van der Waals surface area contributed by atoms with Crippen molar-refractivity contribution in [2.24, 2.45) is 0 Å². The molecule has 0 bridgehead atoms. The Morgan fingerprint density at radius 2 is 1.86 bits per heavy atom. The first-order valence-electron chi connectivity index (χ1n) is 9.31. The minimum absolute atomic E-state index is 0.186.